The molecule has 0 aliphatic carbocycles. The van der Waals surface area contributed by atoms with Gasteiger partial charge in [-0.25, -0.2) is 0 Å². The van der Waals surface area contributed by atoms with Crippen molar-refractivity contribution in [1.29, 1.82) is 0 Å². The summed E-state index contributed by atoms with van der Waals surface area (Å²) in [7, 11) is -4.61. The lowest BCUT2D eigenvalue weighted by Gasteiger charge is -2.40. The molecule has 0 saturated carbocycles. The molecule has 6 unspecified atom stereocenters. The number of ether oxygens (including phenoxy) is 4. The third-order valence-electron chi connectivity index (χ3n) is 8.56. The lowest BCUT2D eigenvalue weighted by molar-refractivity contribution is -0.297. The van der Waals surface area contributed by atoms with E-state index in [1.807, 2.05) is 0 Å². The van der Waals surface area contributed by atoms with E-state index >= 15 is 0 Å². The molecule has 1 aliphatic rings. The summed E-state index contributed by atoms with van der Waals surface area (Å²) in [6.07, 6.45) is 27.1. The van der Waals surface area contributed by atoms with Crippen molar-refractivity contribution in [2.75, 3.05) is 19.0 Å². The minimum Gasteiger partial charge on any atom is -0.462 e. The Morgan fingerprint density at radius 1 is 0.648 bits per heavy atom. The second-order valence-corrected chi connectivity index (χ2v) is 15.1. The molecule has 310 valence electrons. The highest BCUT2D eigenvalue weighted by molar-refractivity contribution is 7.85. The molecule has 1 fully saturated rings. The van der Waals surface area contributed by atoms with Gasteiger partial charge in [-0.1, -0.05) is 107 Å². The van der Waals surface area contributed by atoms with E-state index in [0.29, 0.717) is 12.8 Å². The molecule has 0 aromatic carbocycles. The van der Waals surface area contributed by atoms with E-state index in [0.717, 1.165) is 89.9 Å². The van der Waals surface area contributed by atoms with Crippen molar-refractivity contribution in [3.8, 4) is 0 Å². The molecule has 6 atom stereocenters. The molecule has 0 aromatic rings. The van der Waals surface area contributed by atoms with E-state index in [1.54, 1.807) is 0 Å². The summed E-state index contributed by atoms with van der Waals surface area (Å²) in [6, 6.07) is 0. The maximum absolute atomic E-state index is 12.7. The monoisotopic (exact) mass is 784 g/mol. The molecule has 4 N–H and O–H groups in total. The van der Waals surface area contributed by atoms with E-state index in [4.69, 9.17) is 18.9 Å². The van der Waals surface area contributed by atoms with Crippen molar-refractivity contribution in [1.82, 2.24) is 0 Å². The van der Waals surface area contributed by atoms with Crippen LogP contribution in [0.3, 0.4) is 0 Å². The van der Waals surface area contributed by atoms with E-state index in [1.165, 1.54) is 0 Å². The number of unbranched alkanes of at least 4 members (excludes halogenated alkanes) is 9. The third-order valence-corrected chi connectivity index (χ3v) is 9.31. The van der Waals surface area contributed by atoms with Gasteiger partial charge in [0.1, 0.15) is 36.8 Å². The second kappa shape index (κ2) is 31.5. The minimum atomic E-state index is -4.61. The highest BCUT2D eigenvalue weighted by atomic mass is 32.2. The summed E-state index contributed by atoms with van der Waals surface area (Å²) in [5.41, 5.74) is 0. The molecule has 0 radical (unpaired) electrons. The highest BCUT2D eigenvalue weighted by Gasteiger charge is 2.46. The summed E-state index contributed by atoms with van der Waals surface area (Å²) in [5.74, 6) is -2.05. The quantitative estimate of drug-likeness (QED) is 0.0245. The summed E-state index contributed by atoms with van der Waals surface area (Å²) < 4.78 is 53.8. The van der Waals surface area contributed by atoms with Crippen LogP contribution in [0.4, 0.5) is 0 Å². The first-order valence-electron chi connectivity index (χ1n) is 19.8. The van der Waals surface area contributed by atoms with Crippen LogP contribution in [0.25, 0.3) is 0 Å². The zero-order valence-corrected chi connectivity index (χ0v) is 33.4. The number of carbonyl (C=O) groups is 2. The number of esters is 2. The Balaban J connectivity index is 2.55. The first-order valence-corrected chi connectivity index (χ1v) is 21.5. The molecule has 0 spiro atoms. The van der Waals surface area contributed by atoms with Gasteiger partial charge in [0.15, 0.2) is 12.4 Å². The van der Waals surface area contributed by atoms with Crippen molar-refractivity contribution in [3.05, 3.63) is 60.8 Å². The molecule has 54 heavy (non-hydrogen) atoms. The molecule has 1 rings (SSSR count). The van der Waals surface area contributed by atoms with Crippen LogP contribution in [0.5, 0.6) is 0 Å². The number of aliphatic hydroxyl groups is 3. The van der Waals surface area contributed by atoms with E-state index in [2.05, 4.69) is 74.6 Å². The molecule has 13 heteroatoms. The average Bonchev–Trinajstić information content (AvgIpc) is 3.13. The van der Waals surface area contributed by atoms with Crippen LogP contribution in [0.2, 0.25) is 0 Å². The minimum absolute atomic E-state index is 0.123. The third kappa shape index (κ3) is 26.2. The van der Waals surface area contributed by atoms with Crippen LogP contribution in [0.1, 0.15) is 129 Å². The number of hydrogen-bond acceptors (Lipinski definition) is 11. The normalized spacial score (nSPS) is 21.6. The molecule has 1 heterocycles. The predicted molar refractivity (Wildman–Crippen MR) is 210 cm³/mol. The Bertz CT molecular complexity index is 1240. The van der Waals surface area contributed by atoms with Crippen LogP contribution in [-0.2, 0) is 38.7 Å². The number of aliphatic hydroxyl groups excluding tert-OH is 3. The van der Waals surface area contributed by atoms with Gasteiger partial charge < -0.3 is 34.3 Å². The Hall–Kier alpha value is -2.65. The molecule has 1 aliphatic heterocycles. The number of rotatable bonds is 31. The van der Waals surface area contributed by atoms with E-state index in [-0.39, 0.29) is 19.4 Å². The molecular weight excluding hydrogens is 717 g/mol. The zero-order valence-electron chi connectivity index (χ0n) is 32.5. The van der Waals surface area contributed by atoms with Gasteiger partial charge in [-0.05, 0) is 70.6 Å². The van der Waals surface area contributed by atoms with E-state index < -0.39 is 71.2 Å². The zero-order chi connectivity index (χ0) is 39.9. The molecule has 0 amide bonds. The molecule has 12 nitrogen and oxygen atoms in total. The van der Waals surface area contributed by atoms with Gasteiger partial charge in [0.25, 0.3) is 10.1 Å². The van der Waals surface area contributed by atoms with Crippen molar-refractivity contribution in [2.45, 2.75) is 166 Å². The van der Waals surface area contributed by atoms with Gasteiger partial charge in [-0.3, -0.25) is 14.1 Å². The predicted octanol–water partition coefficient (Wildman–Crippen LogP) is 7.00. The standard InChI is InChI=1S/C41H68O12S/c1-3-5-7-9-11-13-15-17-19-21-23-25-27-29-36(42)50-31-34(32-51-41-40(46)39(45)38(44)35(53-41)33-54(47,48)49)52-37(43)30-28-26-24-22-20-18-16-14-12-10-8-6-4-2/h6-9,12-15,18,20,34-35,38-41,44-46H,3-5,10-11,16-17,19,21-33H2,1-2H3,(H,47,48,49)/b8-6-,9-7-,14-12-,15-13-,20-18-. The Labute approximate surface area is 324 Å². The lowest BCUT2D eigenvalue weighted by Crippen LogP contribution is -2.60. The second-order valence-electron chi connectivity index (χ2n) is 13.6. The van der Waals surface area contributed by atoms with Crippen molar-refractivity contribution in [3.63, 3.8) is 0 Å². The smallest absolute Gasteiger partial charge is 0.306 e. The largest absolute Gasteiger partial charge is 0.462 e. The summed E-state index contributed by atoms with van der Waals surface area (Å²) >= 11 is 0. The van der Waals surface area contributed by atoms with Gasteiger partial charge in [0.05, 0.1) is 6.61 Å². The van der Waals surface area contributed by atoms with Crippen LogP contribution < -0.4 is 0 Å². The van der Waals surface area contributed by atoms with Gasteiger partial charge >= 0.3 is 11.9 Å². The fourth-order valence-electron chi connectivity index (χ4n) is 5.49. The molecule has 0 aromatic heterocycles. The van der Waals surface area contributed by atoms with Crippen LogP contribution in [0.15, 0.2) is 60.8 Å². The van der Waals surface area contributed by atoms with Crippen molar-refractivity contribution >= 4 is 22.1 Å². The highest BCUT2D eigenvalue weighted by Crippen LogP contribution is 2.24. The van der Waals surface area contributed by atoms with Crippen molar-refractivity contribution in [2.24, 2.45) is 0 Å². The topological polar surface area (TPSA) is 186 Å². The van der Waals surface area contributed by atoms with Crippen LogP contribution in [0, 0.1) is 0 Å². The number of carbonyl (C=O) groups excluding carboxylic acids is 2. The SMILES string of the molecule is CC/C=C\C/C=C\C/C=C\CCCCCC(=O)OC(COC(=O)CCCCCCC/C=C\C/C=C\CCC)COC1OC(CS(=O)(=O)O)C(O)C(O)C1O. The first kappa shape index (κ1) is 49.4. The van der Waals surface area contributed by atoms with Gasteiger partial charge in [-0.2, -0.15) is 8.42 Å². The van der Waals surface area contributed by atoms with Gasteiger partial charge in [0.2, 0.25) is 0 Å². The Morgan fingerprint density at radius 2 is 1.17 bits per heavy atom. The van der Waals surface area contributed by atoms with Crippen LogP contribution >= 0.6 is 0 Å². The average molecular weight is 785 g/mol. The Morgan fingerprint density at radius 3 is 1.76 bits per heavy atom. The van der Waals surface area contributed by atoms with E-state index in [9.17, 15) is 37.9 Å². The lowest BCUT2D eigenvalue weighted by atomic mass is 10.00. The molecule has 1 saturated heterocycles. The summed E-state index contributed by atoms with van der Waals surface area (Å²) in [4.78, 5) is 25.2. The Kier molecular flexibility index (Phi) is 28.8. The van der Waals surface area contributed by atoms with Crippen molar-refractivity contribution < 1.29 is 56.8 Å². The fourth-order valence-corrected chi connectivity index (χ4v) is 6.18. The number of hydrogen-bond donors (Lipinski definition) is 4. The molecular formula is C41H68O12S. The summed E-state index contributed by atoms with van der Waals surface area (Å²) in [5, 5.41) is 30.8. The maximum atomic E-state index is 12.7. The number of allylic oxidation sites excluding steroid dienone is 10. The van der Waals surface area contributed by atoms with Crippen LogP contribution in [-0.4, -0.2) is 96.0 Å². The van der Waals surface area contributed by atoms with Gasteiger partial charge in [-0.15, -0.1) is 0 Å². The molecule has 0 bridgehead atoms. The summed E-state index contributed by atoms with van der Waals surface area (Å²) in [6.45, 7) is 3.50. The maximum Gasteiger partial charge on any atom is 0.306 e. The fraction of sp³-hybridized carbons (Fsp3) is 0.707. The van der Waals surface area contributed by atoms with Gasteiger partial charge in [0, 0.05) is 12.8 Å². The first-order chi connectivity index (χ1) is 26.0.